The number of halogens is 1. The van der Waals surface area contributed by atoms with Gasteiger partial charge in [-0.15, -0.1) is 0 Å². The van der Waals surface area contributed by atoms with Crippen LogP contribution in [0.5, 0.6) is 0 Å². The van der Waals surface area contributed by atoms with E-state index in [4.69, 9.17) is 12.2 Å². The average molecular weight is 490 g/mol. The zero-order valence-corrected chi connectivity index (χ0v) is 19.2. The van der Waals surface area contributed by atoms with E-state index < -0.39 is 0 Å². The minimum atomic E-state index is -0.102. The quantitative estimate of drug-likeness (QED) is 0.382. The van der Waals surface area contributed by atoms with Gasteiger partial charge in [-0.2, -0.15) is 0 Å². The van der Waals surface area contributed by atoms with E-state index in [1.807, 2.05) is 61.1 Å². The first kappa shape index (κ1) is 19.9. The van der Waals surface area contributed by atoms with Crippen molar-refractivity contribution >= 4 is 38.9 Å². The fourth-order valence-electron chi connectivity index (χ4n) is 4.05. The summed E-state index contributed by atoms with van der Waals surface area (Å²) < 4.78 is 3.19. The molecule has 2 atom stereocenters. The third-order valence-corrected chi connectivity index (χ3v) is 6.70. The Labute approximate surface area is 194 Å². The molecule has 4 heterocycles. The molecule has 1 aliphatic heterocycles. The van der Waals surface area contributed by atoms with Crippen LogP contribution in [0.3, 0.4) is 0 Å². The Morgan fingerprint density at radius 2 is 1.77 bits per heavy atom. The zero-order chi connectivity index (χ0) is 21.4. The van der Waals surface area contributed by atoms with Crippen molar-refractivity contribution in [2.24, 2.45) is 0 Å². The van der Waals surface area contributed by atoms with E-state index >= 15 is 0 Å². The lowest BCUT2D eigenvalue weighted by molar-refractivity contribution is 0.548. The first-order valence-corrected chi connectivity index (χ1v) is 11.2. The molecule has 0 spiro atoms. The summed E-state index contributed by atoms with van der Waals surface area (Å²) in [5.41, 5.74) is 4.22. The van der Waals surface area contributed by atoms with E-state index in [0.29, 0.717) is 5.11 Å². The standard InChI is InChI=1S/C24H20BrN5S/c1-16-15-17(10-11-18(16)25)30-23(22(28-24(30)31)19-7-2-4-12-26-19)20-8-6-14-29(20)21-9-3-5-13-27-21/h2-15,22-23H,1H3,(H,28,31)/t22-,23-/m0/s1. The maximum Gasteiger partial charge on any atom is 0.174 e. The van der Waals surface area contributed by atoms with E-state index in [9.17, 15) is 0 Å². The van der Waals surface area contributed by atoms with Gasteiger partial charge in [-0.1, -0.05) is 28.1 Å². The van der Waals surface area contributed by atoms with Gasteiger partial charge in [-0.25, -0.2) is 4.98 Å². The molecule has 0 amide bonds. The zero-order valence-electron chi connectivity index (χ0n) is 16.8. The number of thiocarbonyl (C=S) groups is 1. The smallest absolute Gasteiger partial charge is 0.174 e. The van der Waals surface area contributed by atoms with Gasteiger partial charge in [-0.3, -0.25) is 4.98 Å². The summed E-state index contributed by atoms with van der Waals surface area (Å²) in [5, 5.41) is 4.20. The van der Waals surface area contributed by atoms with Crippen LogP contribution in [0, 0.1) is 6.92 Å². The summed E-state index contributed by atoms with van der Waals surface area (Å²) in [6.45, 7) is 2.09. The van der Waals surface area contributed by atoms with Crippen molar-refractivity contribution < 1.29 is 0 Å². The van der Waals surface area contributed by atoms with Gasteiger partial charge >= 0.3 is 0 Å². The molecule has 5 rings (SSSR count). The number of nitrogens with one attached hydrogen (secondary N) is 1. The van der Waals surface area contributed by atoms with Gasteiger partial charge < -0.3 is 14.8 Å². The highest BCUT2D eigenvalue weighted by atomic mass is 79.9. The molecule has 1 aromatic carbocycles. The molecule has 0 unspecified atom stereocenters. The van der Waals surface area contributed by atoms with Crippen molar-refractivity contribution in [3.63, 3.8) is 0 Å². The predicted octanol–water partition coefficient (Wildman–Crippen LogP) is 5.52. The van der Waals surface area contributed by atoms with Crippen LogP contribution in [0.1, 0.15) is 29.0 Å². The van der Waals surface area contributed by atoms with Crippen molar-refractivity contribution in [1.82, 2.24) is 19.9 Å². The predicted molar refractivity (Wildman–Crippen MR) is 130 cm³/mol. The van der Waals surface area contributed by atoms with Crippen molar-refractivity contribution in [3.8, 4) is 5.82 Å². The van der Waals surface area contributed by atoms with Gasteiger partial charge in [-0.05, 0) is 79.3 Å². The second kappa shape index (κ2) is 8.24. The fourth-order valence-corrected chi connectivity index (χ4v) is 4.64. The van der Waals surface area contributed by atoms with Crippen molar-refractivity contribution in [3.05, 3.63) is 107 Å². The average Bonchev–Trinajstić information content (AvgIpc) is 3.41. The maximum atomic E-state index is 5.84. The van der Waals surface area contributed by atoms with Gasteiger partial charge in [0, 0.05) is 34.4 Å². The molecule has 1 saturated heterocycles. The molecule has 7 heteroatoms. The van der Waals surface area contributed by atoms with Crippen LogP contribution < -0.4 is 10.2 Å². The van der Waals surface area contributed by atoms with Gasteiger partial charge in [0.05, 0.1) is 11.7 Å². The fraction of sp³-hybridized carbons (Fsp3) is 0.125. The first-order valence-electron chi connectivity index (χ1n) is 9.99. The minimum Gasteiger partial charge on any atom is -0.351 e. The van der Waals surface area contributed by atoms with Crippen LogP contribution in [0.4, 0.5) is 5.69 Å². The second-order valence-corrected chi connectivity index (χ2v) is 8.66. The number of pyridine rings is 2. The van der Waals surface area contributed by atoms with Crippen molar-refractivity contribution in [2.75, 3.05) is 4.90 Å². The van der Waals surface area contributed by atoms with Gasteiger partial charge in [0.25, 0.3) is 0 Å². The Morgan fingerprint density at radius 1 is 0.968 bits per heavy atom. The van der Waals surface area contributed by atoms with E-state index in [1.54, 1.807) is 0 Å². The molecule has 1 aliphatic rings. The first-order chi connectivity index (χ1) is 15.1. The number of aromatic nitrogens is 3. The topological polar surface area (TPSA) is 46.0 Å². The molecule has 0 saturated carbocycles. The molecular formula is C24H20BrN5S. The van der Waals surface area contributed by atoms with Gasteiger partial charge in [0.15, 0.2) is 5.11 Å². The summed E-state index contributed by atoms with van der Waals surface area (Å²) in [6.07, 6.45) is 5.67. The maximum absolute atomic E-state index is 5.84. The summed E-state index contributed by atoms with van der Waals surface area (Å²) in [4.78, 5) is 11.4. The van der Waals surface area contributed by atoms with Crippen LogP contribution in [0.15, 0.2) is 89.8 Å². The monoisotopic (exact) mass is 489 g/mol. The van der Waals surface area contributed by atoms with Crippen molar-refractivity contribution in [2.45, 2.75) is 19.0 Å². The van der Waals surface area contributed by atoms with Crippen LogP contribution in [0.2, 0.25) is 0 Å². The Morgan fingerprint density at radius 3 is 2.48 bits per heavy atom. The largest absolute Gasteiger partial charge is 0.351 e. The lowest BCUT2D eigenvalue weighted by atomic mass is 10.0. The van der Waals surface area contributed by atoms with E-state index in [0.717, 1.165) is 32.9 Å². The number of rotatable bonds is 4. The molecule has 0 radical (unpaired) electrons. The normalized spacial score (nSPS) is 18.3. The number of benzene rings is 1. The second-order valence-electron chi connectivity index (χ2n) is 7.42. The minimum absolute atomic E-state index is 0.0972. The number of aryl methyl sites for hydroxylation is 1. The van der Waals surface area contributed by atoms with Crippen LogP contribution in [0.25, 0.3) is 5.82 Å². The molecule has 3 aromatic heterocycles. The summed E-state index contributed by atoms with van der Waals surface area (Å²) in [6, 6.07) is 22.2. The highest BCUT2D eigenvalue weighted by molar-refractivity contribution is 9.10. The molecule has 0 bridgehead atoms. The molecular weight excluding hydrogens is 470 g/mol. The molecule has 0 aliphatic carbocycles. The lowest BCUT2D eigenvalue weighted by Crippen LogP contribution is -2.30. The highest BCUT2D eigenvalue weighted by Gasteiger charge is 2.42. The van der Waals surface area contributed by atoms with Crippen LogP contribution in [-0.2, 0) is 0 Å². The highest BCUT2D eigenvalue weighted by Crippen LogP contribution is 2.42. The third-order valence-electron chi connectivity index (χ3n) is 5.50. The number of nitrogens with zero attached hydrogens (tertiary/aromatic N) is 4. The number of hydrogen-bond acceptors (Lipinski definition) is 3. The Balaban J connectivity index is 1.68. The summed E-state index contributed by atoms with van der Waals surface area (Å²) >= 11 is 9.45. The third kappa shape index (κ3) is 3.64. The number of anilines is 1. The molecule has 1 fully saturated rings. The van der Waals surface area contributed by atoms with Crippen molar-refractivity contribution in [1.29, 1.82) is 0 Å². The molecule has 1 N–H and O–H groups in total. The Hall–Kier alpha value is -3.03. The van der Waals surface area contributed by atoms with Crippen LogP contribution in [-0.4, -0.2) is 19.6 Å². The van der Waals surface area contributed by atoms with Crippen LogP contribution >= 0.6 is 28.1 Å². The van der Waals surface area contributed by atoms with Gasteiger partial charge in [0.1, 0.15) is 11.9 Å². The summed E-state index contributed by atoms with van der Waals surface area (Å²) in [7, 11) is 0. The van der Waals surface area contributed by atoms with E-state index in [-0.39, 0.29) is 12.1 Å². The number of hydrogen-bond donors (Lipinski definition) is 1. The van der Waals surface area contributed by atoms with E-state index in [1.165, 1.54) is 0 Å². The SMILES string of the molecule is Cc1cc(N2C(=S)N[C@@H](c3ccccn3)[C@@H]2c2cccn2-c2ccccn2)ccc1Br. The van der Waals surface area contributed by atoms with E-state index in [2.05, 4.69) is 71.9 Å². The van der Waals surface area contributed by atoms with Gasteiger partial charge in [0.2, 0.25) is 0 Å². The molecule has 154 valence electrons. The lowest BCUT2D eigenvalue weighted by Gasteiger charge is -2.29. The Kier molecular flexibility index (Phi) is 5.29. The molecule has 4 aromatic rings. The molecule has 5 nitrogen and oxygen atoms in total. The Bertz CT molecular complexity index is 1230. The summed E-state index contributed by atoms with van der Waals surface area (Å²) in [5.74, 6) is 0.868. The molecule has 31 heavy (non-hydrogen) atoms.